The molecule has 134 valence electrons. The van der Waals surface area contributed by atoms with E-state index in [1.165, 1.54) is 0 Å². The lowest BCUT2D eigenvalue weighted by atomic mass is 10.1. The number of aromatic amines is 2. The SMILES string of the molecule is CCc1n[nH]c(=S)n1N=Cc1cccc(C=Nn2c(CC)n[nH]c2=S)c1. The molecular formula is C16H18N8S2. The Morgan fingerprint density at radius 2 is 1.38 bits per heavy atom. The van der Waals surface area contributed by atoms with E-state index in [0.717, 1.165) is 35.6 Å². The van der Waals surface area contributed by atoms with Gasteiger partial charge in [-0.3, -0.25) is 10.2 Å². The molecule has 3 aromatic rings. The highest BCUT2D eigenvalue weighted by Gasteiger charge is 2.02. The van der Waals surface area contributed by atoms with Crippen molar-refractivity contribution in [2.45, 2.75) is 26.7 Å². The Labute approximate surface area is 160 Å². The summed E-state index contributed by atoms with van der Waals surface area (Å²) in [6.07, 6.45) is 4.95. The van der Waals surface area contributed by atoms with Crippen molar-refractivity contribution in [3.05, 3.63) is 56.6 Å². The van der Waals surface area contributed by atoms with Gasteiger partial charge in [0.1, 0.15) is 0 Å². The van der Waals surface area contributed by atoms with E-state index in [2.05, 4.69) is 30.6 Å². The Kier molecular flexibility index (Phi) is 5.64. The summed E-state index contributed by atoms with van der Waals surface area (Å²) < 4.78 is 4.18. The van der Waals surface area contributed by atoms with Gasteiger partial charge in [-0.2, -0.15) is 29.8 Å². The predicted octanol–water partition coefficient (Wildman–Crippen LogP) is 3.08. The van der Waals surface area contributed by atoms with Crippen LogP contribution in [0.5, 0.6) is 0 Å². The molecule has 0 unspecified atom stereocenters. The molecule has 3 rings (SSSR count). The van der Waals surface area contributed by atoms with E-state index in [1.54, 1.807) is 21.8 Å². The molecule has 10 heteroatoms. The van der Waals surface area contributed by atoms with Crippen LogP contribution >= 0.6 is 24.4 Å². The lowest BCUT2D eigenvalue weighted by Gasteiger charge is -1.99. The van der Waals surface area contributed by atoms with Gasteiger partial charge in [0.05, 0.1) is 12.4 Å². The van der Waals surface area contributed by atoms with Gasteiger partial charge in [-0.25, -0.2) is 0 Å². The fourth-order valence-corrected chi connectivity index (χ4v) is 2.71. The van der Waals surface area contributed by atoms with Gasteiger partial charge in [-0.05, 0) is 41.6 Å². The van der Waals surface area contributed by atoms with Crippen molar-refractivity contribution in [3.63, 3.8) is 0 Å². The molecular weight excluding hydrogens is 368 g/mol. The smallest absolute Gasteiger partial charge is 0.216 e. The van der Waals surface area contributed by atoms with Crippen LogP contribution in [0.3, 0.4) is 0 Å². The number of hydrogen-bond donors (Lipinski definition) is 2. The summed E-state index contributed by atoms with van der Waals surface area (Å²) in [5.74, 6) is 1.57. The maximum Gasteiger partial charge on any atom is 0.216 e. The highest BCUT2D eigenvalue weighted by molar-refractivity contribution is 7.71. The highest BCUT2D eigenvalue weighted by Crippen LogP contribution is 2.04. The molecule has 2 N–H and O–H groups in total. The van der Waals surface area contributed by atoms with Gasteiger partial charge in [0.25, 0.3) is 0 Å². The Morgan fingerprint density at radius 1 is 0.923 bits per heavy atom. The summed E-state index contributed by atoms with van der Waals surface area (Å²) in [7, 11) is 0. The standard InChI is InChI=1S/C16H18N8S2/c1-3-13-19-21-15(25)23(13)17-9-11-6-5-7-12(8-11)10-18-24-14(4-2)20-22-16(24)26/h5-10H,3-4H2,1-2H3,(H,21,25)(H,22,26). The molecule has 0 bridgehead atoms. The van der Waals surface area contributed by atoms with Crippen molar-refractivity contribution in [1.82, 2.24) is 29.7 Å². The third kappa shape index (κ3) is 3.92. The zero-order valence-corrected chi connectivity index (χ0v) is 16.0. The van der Waals surface area contributed by atoms with Crippen LogP contribution in [0.25, 0.3) is 0 Å². The van der Waals surface area contributed by atoms with E-state index in [0.29, 0.717) is 9.54 Å². The maximum absolute atomic E-state index is 5.19. The molecule has 0 spiro atoms. The fraction of sp³-hybridized carbons (Fsp3) is 0.250. The van der Waals surface area contributed by atoms with Gasteiger partial charge in [0, 0.05) is 12.8 Å². The zero-order valence-electron chi connectivity index (χ0n) is 14.4. The van der Waals surface area contributed by atoms with Crippen molar-refractivity contribution in [3.8, 4) is 0 Å². The zero-order chi connectivity index (χ0) is 18.5. The van der Waals surface area contributed by atoms with Gasteiger partial charge < -0.3 is 0 Å². The number of benzene rings is 1. The molecule has 0 atom stereocenters. The number of aryl methyl sites for hydroxylation is 2. The molecule has 0 aliphatic rings. The van der Waals surface area contributed by atoms with Crippen LogP contribution in [0.4, 0.5) is 0 Å². The molecule has 8 nitrogen and oxygen atoms in total. The van der Waals surface area contributed by atoms with Gasteiger partial charge >= 0.3 is 0 Å². The Bertz CT molecular complexity index is 985. The largest absolute Gasteiger partial charge is 0.250 e. The third-order valence-electron chi connectivity index (χ3n) is 3.62. The van der Waals surface area contributed by atoms with Gasteiger partial charge in [-0.1, -0.05) is 32.0 Å². The number of hydrogen-bond acceptors (Lipinski definition) is 6. The van der Waals surface area contributed by atoms with Crippen LogP contribution in [0.15, 0.2) is 34.5 Å². The second-order valence-corrected chi connectivity index (χ2v) is 6.15. The van der Waals surface area contributed by atoms with Crippen molar-refractivity contribution in [1.29, 1.82) is 0 Å². The molecule has 0 amide bonds. The minimum absolute atomic E-state index is 0.470. The molecule has 0 saturated heterocycles. The van der Waals surface area contributed by atoms with E-state index in [1.807, 2.05) is 38.1 Å². The lowest BCUT2D eigenvalue weighted by molar-refractivity contribution is 0.780. The first-order chi connectivity index (χ1) is 12.6. The molecule has 0 radical (unpaired) electrons. The average Bonchev–Trinajstić information content (AvgIpc) is 3.20. The van der Waals surface area contributed by atoms with Crippen LogP contribution in [-0.2, 0) is 12.8 Å². The second kappa shape index (κ2) is 8.11. The first-order valence-corrected chi connectivity index (χ1v) is 8.95. The second-order valence-electron chi connectivity index (χ2n) is 5.38. The number of nitrogens with one attached hydrogen (secondary N) is 2. The van der Waals surface area contributed by atoms with E-state index in [-0.39, 0.29) is 0 Å². The van der Waals surface area contributed by atoms with Crippen LogP contribution in [0.2, 0.25) is 0 Å². The van der Waals surface area contributed by atoms with E-state index < -0.39 is 0 Å². The van der Waals surface area contributed by atoms with Gasteiger partial charge in [0.15, 0.2) is 11.6 Å². The minimum Gasteiger partial charge on any atom is -0.250 e. The molecule has 2 aromatic heterocycles. The average molecular weight is 387 g/mol. The van der Waals surface area contributed by atoms with Crippen LogP contribution in [0, 0.1) is 9.54 Å². The fourth-order valence-electron chi connectivity index (χ4n) is 2.31. The van der Waals surface area contributed by atoms with E-state index >= 15 is 0 Å². The minimum atomic E-state index is 0.470. The van der Waals surface area contributed by atoms with Crippen molar-refractivity contribution < 1.29 is 0 Å². The van der Waals surface area contributed by atoms with E-state index in [4.69, 9.17) is 24.4 Å². The van der Waals surface area contributed by atoms with Gasteiger partial charge in [-0.15, -0.1) is 0 Å². The lowest BCUT2D eigenvalue weighted by Crippen LogP contribution is -1.98. The van der Waals surface area contributed by atoms with Crippen molar-refractivity contribution in [2.75, 3.05) is 0 Å². The maximum atomic E-state index is 5.19. The molecule has 0 saturated carbocycles. The Hall–Kier alpha value is -2.72. The van der Waals surface area contributed by atoms with Crippen molar-refractivity contribution >= 4 is 36.9 Å². The Morgan fingerprint density at radius 3 is 1.81 bits per heavy atom. The monoisotopic (exact) mass is 386 g/mol. The van der Waals surface area contributed by atoms with E-state index in [9.17, 15) is 0 Å². The summed E-state index contributed by atoms with van der Waals surface area (Å²) in [6, 6.07) is 7.82. The highest BCUT2D eigenvalue weighted by atomic mass is 32.1. The normalized spacial score (nSPS) is 11.8. The summed E-state index contributed by atoms with van der Waals surface area (Å²) in [5, 5.41) is 22.6. The third-order valence-corrected chi connectivity index (χ3v) is 4.15. The molecule has 0 aliphatic carbocycles. The molecule has 0 fully saturated rings. The Balaban J connectivity index is 1.84. The first-order valence-electron chi connectivity index (χ1n) is 8.13. The predicted molar refractivity (Wildman–Crippen MR) is 106 cm³/mol. The van der Waals surface area contributed by atoms with Gasteiger partial charge in [0.2, 0.25) is 9.54 Å². The van der Waals surface area contributed by atoms with Crippen LogP contribution in [-0.4, -0.2) is 42.2 Å². The summed E-state index contributed by atoms with van der Waals surface area (Å²) >= 11 is 10.4. The van der Waals surface area contributed by atoms with Crippen molar-refractivity contribution in [2.24, 2.45) is 10.2 Å². The number of nitrogens with zero attached hydrogens (tertiary/aromatic N) is 6. The summed E-state index contributed by atoms with van der Waals surface area (Å²) in [5.41, 5.74) is 1.84. The summed E-state index contributed by atoms with van der Waals surface area (Å²) in [6.45, 7) is 4.00. The van der Waals surface area contributed by atoms with Crippen LogP contribution < -0.4 is 0 Å². The molecule has 1 aromatic carbocycles. The number of H-pyrrole nitrogens is 2. The summed E-state index contributed by atoms with van der Waals surface area (Å²) in [4.78, 5) is 0. The molecule has 26 heavy (non-hydrogen) atoms. The topological polar surface area (TPSA) is 91.9 Å². The number of aromatic nitrogens is 6. The van der Waals surface area contributed by atoms with Crippen LogP contribution in [0.1, 0.15) is 36.6 Å². The number of rotatable bonds is 6. The molecule has 0 aliphatic heterocycles. The quantitative estimate of drug-likeness (QED) is 0.503. The first kappa shape index (κ1) is 18.1. The molecule has 2 heterocycles.